The van der Waals surface area contributed by atoms with Crippen LogP contribution in [0.3, 0.4) is 0 Å². The first-order valence-electron chi connectivity index (χ1n) is 10.9. The number of benzene rings is 3. The highest BCUT2D eigenvalue weighted by molar-refractivity contribution is 6.53. The van der Waals surface area contributed by atoms with E-state index in [1.807, 2.05) is 13.0 Å². The van der Waals surface area contributed by atoms with Crippen LogP contribution in [-0.2, 0) is 9.59 Å². The number of amides is 3. The summed E-state index contributed by atoms with van der Waals surface area (Å²) in [5.74, 6) is -0.863. The standard InChI is InChI=1S/C26H21Cl2N3O5/c1-3-36-20-7-5-4-6-18(20)30-24(32)15-8-11-17(12-9-15)29-23-22(28)25(33)31(26(23)34)19-14-16(27)10-13-21(19)35-2/h4-14,29H,3H2,1-2H3,(H,30,32). The van der Waals surface area contributed by atoms with E-state index < -0.39 is 11.8 Å². The van der Waals surface area contributed by atoms with Gasteiger partial charge < -0.3 is 20.1 Å². The number of carbonyl (C=O) groups excluding carboxylic acids is 3. The molecule has 0 spiro atoms. The predicted octanol–water partition coefficient (Wildman–Crippen LogP) is 5.44. The molecule has 0 saturated carbocycles. The molecule has 1 aliphatic heterocycles. The van der Waals surface area contributed by atoms with Crippen molar-refractivity contribution >= 4 is 58.0 Å². The van der Waals surface area contributed by atoms with Gasteiger partial charge in [-0.1, -0.05) is 35.3 Å². The van der Waals surface area contributed by atoms with Gasteiger partial charge in [0.15, 0.2) is 0 Å². The second-order valence-electron chi connectivity index (χ2n) is 7.54. The van der Waals surface area contributed by atoms with E-state index in [0.717, 1.165) is 4.90 Å². The van der Waals surface area contributed by atoms with Crippen LogP contribution >= 0.6 is 23.2 Å². The van der Waals surface area contributed by atoms with Crippen molar-refractivity contribution in [3.8, 4) is 11.5 Å². The molecule has 0 radical (unpaired) electrons. The quantitative estimate of drug-likeness (QED) is 0.380. The molecule has 10 heteroatoms. The van der Waals surface area contributed by atoms with Gasteiger partial charge in [-0.3, -0.25) is 14.4 Å². The fraction of sp³-hybridized carbons (Fsp3) is 0.115. The number of rotatable bonds is 8. The molecule has 3 aromatic rings. The van der Waals surface area contributed by atoms with Crippen LogP contribution in [0, 0.1) is 0 Å². The monoisotopic (exact) mass is 525 g/mol. The van der Waals surface area contributed by atoms with Crippen molar-refractivity contribution in [2.24, 2.45) is 0 Å². The van der Waals surface area contributed by atoms with Crippen LogP contribution < -0.4 is 25.0 Å². The number of ether oxygens (including phenoxy) is 2. The van der Waals surface area contributed by atoms with E-state index >= 15 is 0 Å². The topological polar surface area (TPSA) is 97.0 Å². The normalized spacial score (nSPS) is 13.2. The van der Waals surface area contributed by atoms with Gasteiger partial charge in [-0.05, 0) is 61.5 Å². The number of halogens is 2. The first-order chi connectivity index (χ1) is 17.3. The van der Waals surface area contributed by atoms with Gasteiger partial charge in [-0.15, -0.1) is 0 Å². The average Bonchev–Trinajstić information content (AvgIpc) is 3.08. The van der Waals surface area contributed by atoms with Crippen molar-refractivity contribution < 1.29 is 23.9 Å². The van der Waals surface area contributed by atoms with Crippen molar-refractivity contribution in [3.63, 3.8) is 0 Å². The van der Waals surface area contributed by atoms with E-state index in [2.05, 4.69) is 10.6 Å². The van der Waals surface area contributed by atoms with Crippen LogP contribution in [0.2, 0.25) is 5.02 Å². The molecule has 1 heterocycles. The summed E-state index contributed by atoms with van der Waals surface area (Å²) in [4.78, 5) is 39.5. The van der Waals surface area contributed by atoms with Crippen LogP contribution in [0.15, 0.2) is 77.5 Å². The average molecular weight is 526 g/mol. The van der Waals surface area contributed by atoms with Gasteiger partial charge in [0.2, 0.25) is 0 Å². The van der Waals surface area contributed by atoms with Gasteiger partial charge in [-0.25, -0.2) is 4.90 Å². The van der Waals surface area contributed by atoms with Crippen LogP contribution in [0.4, 0.5) is 17.1 Å². The van der Waals surface area contributed by atoms with Gasteiger partial charge in [-0.2, -0.15) is 0 Å². The Bertz CT molecular complexity index is 1370. The Hall–Kier alpha value is -4.01. The highest BCUT2D eigenvalue weighted by Crippen LogP contribution is 2.37. The molecule has 0 unspecified atom stereocenters. The first kappa shape index (κ1) is 25.1. The highest BCUT2D eigenvalue weighted by atomic mass is 35.5. The Morgan fingerprint density at radius 3 is 2.36 bits per heavy atom. The Kier molecular flexibility index (Phi) is 7.47. The van der Waals surface area contributed by atoms with Gasteiger partial charge in [0, 0.05) is 16.3 Å². The van der Waals surface area contributed by atoms with Crippen molar-refractivity contribution in [3.05, 3.63) is 88.0 Å². The Labute approximate surface area is 217 Å². The number of para-hydroxylation sites is 2. The lowest BCUT2D eigenvalue weighted by Gasteiger charge is -2.18. The third-order valence-electron chi connectivity index (χ3n) is 5.26. The molecule has 0 atom stereocenters. The highest BCUT2D eigenvalue weighted by Gasteiger charge is 2.40. The molecule has 8 nitrogen and oxygen atoms in total. The molecule has 3 amide bonds. The molecular weight excluding hydrogens is 505 g/mol. The summed E-state index contributed by atoms with van der Waals surface area (Å²) in [6, 6.07) is 18.1. The number of nitrogens with one attached hydrogen (secondary N) is 2. The summed E-state index contributed by atoms with van der Waals surface area (Å²) in [7, 11) is 1.42. The number of imide groups is 1. The molecule has 0 bridgehead atoms. The van der Waals surface area contributed by atoms with E-state index in [1.165, 1.54) is 13.2 Å². The van der Waals surface area contributed by atoms with Crippen molar-refractivity contribution in [2.45, 2.75) is 6.92 Å². The largest absolute Gasteiger partial charge is 0.495 e. The summed E-state index contributed by atoms with van der Waals surface area (Å²) >= 11 is 12.3. The fourth-order valence-corrected chi connectivity index (χ4v) is 3.94. The minimum Gasteiger partial charge on any atom is -0.495 e. The summed E-state index contributed by atoms with van der Waals surface area (Å²) in [6.45, 7) is 2.33. The Balaban J connectivity index is 1.50. The molecule has 36 heavy (non-hydrogen) atoms. The van der Waals surface area contributed by atoms with Gasteiger partial charge >= 0.3 is 0 Å². The summed E-state index contributed by atoms with van der Waals surface area (Å²) in [5, 5.41) is 5.73. The fourth-order valence-electron chi connectivity index (χ4n) is 3.56. The Morgan fingerprint density at radius 1 is 0.944 bits per heavy atom. The molecule has 0 aromatic heterocycles. The van der Waals surface area contributed by atoms with Crippen molar-refractivity contribution in [2.75, 3.05) is 29.3 Å². The van der Waals surface area contributed by atoms with Crippen LogP contribution in [0.25, 0.3) is 0 Å². The smallest absolute Gasteiger partial charge is 0.283 e. The maximum atomic E-state index is 13.1. The summed E-state index contributed by atoms with van der Waals surface area (Å²) in [5.41, 5.74) is 1.46. The summed E-state index contributed by atoms with van der Waals surface area (Å²) < 4.78 is 10.8. The molecule has 0 aliphatic carbocycles. The third kappa shape index (κ3) is 5.00. The minimum atomic E-state index is -0.714. The SMILES string of the molecule is CCOc1ccccc1NC(=O)c1ccc(NC2=C(Cl)C(=O)N(c3cc(Cl)ccc3OC)C2=O)cc1. The minimum absolute atomic E-state index is 0.105. The van der Waals surface area contributed by atoms with Gasteiger partial charge in [0.1, 0.15) is 22.2 Å². The molecule has 4 rings (SSSR count). The number of methoxy groups -OCH3 is 1. The van der Waals surface area contributed by atoms with E-state index in [0.29, 0.717) is 34.3 Å². The number of hydrogen-bond acceptors (Lipinski definition) is 6. The van der Waals surface area contributed by atoms with Crippen molar-refractivity contribution in [1.82, 2.24) is 0 Å². The molecular formula is C26H21Cl2N3O5. The second kappa shape index (κ2) is 10.7. The van der Waals surface area contributed by atoms with E-state index in [4.69, 9.17) is 32.7 Å². The number of anilines is 3. The lowest BCUT2D eigenvalue weighted by molar-refractivity contribution is -0.120. The van der Waals surface area contributed by atoms with E-state index in [9.17, 15) is 14.4 Å². The van der Waals surface area contributed by atoms with Crippen LogP contribution in [0.5, 0.6) is 11.5 Å². The summed E-state index contributed by atoms with van der Waals surface area (Å²) in [6.07, 6.45) is 0. The zero-order chi connectivity index (χ0) is 25.8. The second-order valence-corrected chi connectivity index (χ2v) is 8.35. The lowest BCUT2D eigenvalue weighted by atomic mass is 10.1. The predicted molar refractivity (Wildman–Crippen MR) is 139 cm³/mol. The van der Waals surface area contributed by atoms with E-state index in [-0.39, 0.29) is 28.1 Å². The Morgan fingerprint density at radius 2 is 1.67 bits per heavy atom. The van der Waals surface area contributed by atoms with Gasteiger partial charge in [0.25, 0.3) is 17.7 Å². The van der Waals surface area contributed by atoms with E-state index in [1.54, 1.807) is 54.6 Å². The molecule has 3 aromatic carbocycles. The number of hydrogen-bond donors (Lipinski definition) is 2. The molecule has 0 saturated heterocycles. The van der Waals surface area contributed by atoms with Crippen LogP contribution in [0.1, 0.15) is 17.3 Å². The third-order valence-corrected chi connectivity index (χ3v) is 5.85. The molecule has 2 N–H and O–H groups in total. The lowest BCUT2D eigenvalue weighted by Crippen LogP contribution is -2.32. The number of carbonyl (C=O) groups is 3. The maximum Gasteiger partial charge on any atom is 0.283 e. The molecule has 1 aliphatic rings. The zero-order valence-electron chi connectivity index (χ0n) is 19.3. The zero-order valence-corrected chi connectivity index (χ0v) is 20.8. The van der Waals surface area contributed by atoms with Crippen LogP contribution in [-0.4, -0.2) is 31.4 Å². The number of nitrogens with zero attached hydrogens (tertiary/aromatic N) is 1. The van der Waals surface area contributed by atoms with Gasteiger partial charge in [0.05, 0.1) is 25.1 Å². The molecule has 0 fully saturated rings. The van der Waals surface area contributed by atoms with Crippen molar-refractivity contribution in [1.29, 1.82) is 0 Å². The maximum absolute atomic E-state index is 13.1. The molecule has 184 valence electrons. The first-order valence-corrected chi connectivity index (χ1v) is 11.6.